The van der Waals surface area contributed by atoms with E-state index < -0.39 is 17.8 Å². The predicted molar refractivity (Wildman–Crippen MR) is 62.0 cm³/mol. The molecule has 0 saturated carbocycles. The first-order valence-electron chi connectivity index (χ1n) is 4.52. The van der Waals surface area contributed by atoms with Gasteiger partial charge in [-0.15, -0.1) is 0 Å². The molecular weight excluding hydrogens is 269 g/mol. The molecule has 1 atom stereocenters. The molecule has 8 heteroatoms. The maximum absolute atomic E-state index is 12.7. The molecule has 0 amide bonds. The lowest BCUT2D eigenvalue weighted by Crippen LogP contribution is -2.04. The number of carboxylic acids is 1. The molecule has 1 aromatic rings. The summed E-state index contributed by atoms with van der Waals surface area (Å²) >= 11 is 0. The molecule has 100 valence electrons. The third-order valence-electron chi connectivity index (χ3n) is 1.69. The first kappa shape index (κ1) is 16.2. The number of halogens is 2. The Hall–Kier alpha value is -1.75. The number of rotatable bonds is 3. The Bertz CT molecular complexity index is 409. The van der Waals surface area contributed by atoms with Crippen LogP contribution in [0.15, 0.2) is 24.3 Å². The summed E-state index contributed by atoms with van der Waals surface area (Å²) in [5.74, 6) is -0.976. The molecule has 5 nitrogen and oxygen atoms in total. The zero-order chi connectivity index (χ0) is 14.3. The van der Waals surface area contributed by atoms with Gasteiger partial charge in [0.05, 0.1) is 6.42 Å². The van der Waals surface area contributed by atoms with Crippen LogP contribution in [-0.2, 0) is 16.9 Å². The predicted octanol–water partition coefficient (Wildman–Crippen LogP) is 2.46. The van der Waals surface area contributed by atoms with Crippen LogP contribution in [0.1, 0.15) is 11.1 Å². The van der Waals surface area contributed by atoms with Crippen molar-refractivity contribution >= 4 is 21.4 Å². The maximum atomic E-state index is 12.7. The van der Waals surface area contributed by atoms with Crippen LogP contribution in [-0.4, -0.2) is 27.4 Å². The van der Waals surface area contributed by atoms with E-state index in [-0.39, 0.29) is 12.0 Å². The lowest BCUT2D eigenvalue weighted by atomic mass is 10.1. The van der Waals surface area contributed by atoms with Gasteiger partial charge in [0.15, 0.2) is 0 Å². The second-order valence-corrected chi connectivity index (χ2v) is 3.90. The second-order valence-electron chi connectivity index (χ2n) is 3.17. The van der Waals surface area contributed by atoms with Gasteiger partial charge in [0.2, 0.25) is 0 Å². The number of hydrogen-bond donors (Lipinski definition) is 3. The molecule has 0 spiro atoms. The monoisotopic (exact) mass is 280 g/mol. The smallest absolute Gasteiger partial charge is 0.481 e. The molecule has 0 aromatic heterocycles. The van der Waals surface area contributed by atoms with E-state index >= 15 is 0 Å². The fraction of sp³-hybridized carbons (Fsp3) is 0.200. The van der Waals surface area contributed by atoms with Gasteiger partial charge in [-0.2, -0.15) is 8.78 Å². The topological polar surface area (TPSA) is 94.8 Å². The Morgan fingerprint density at radius 3 is 1.78 bits per heavy atom. The lowest BCUT2D eigenvalue weighted by molar-refractivity contribution is -0.136. The average molecular weight is 280 g/mol. The largest absolute Gasteiger partial charge is 0.503 e. The highest BCUT2D eigenvalue weighted by Gasteiger charge is 2.23. The first-order valence-corrected chi connectivity index (χ1v) is 5.10. The molecule has 0 bridgehead atoms. The van der Waals surface area contributed by atoms with Gasteiger partial charge in [-0.3, -0.25) is 4.79 Å². The van der Waals surface area contributed by atoms with Gasteiger partial charge in [0.25, 0.3) is 5.66 Å². The van der Waals surface area contributed by atoms with Crippen molar-refractivity contribution in [2.45, 2.75) is 12.1 Å². The van der Waals surface area contributed by atoms with Crippen molar-refractivity contribution in [3.05, 3.63) is 35.4 Å². The van der Waals surface area contributed by atoms with Gasteiger partial charge in [0, 0.05) is 5.56 Å². The third kappa shape index (κ3) is 7.51. The Morgan fingerprint density at radius 2 is 1.50 bits per heavy atom. The molecule has 0 aliphatic rings. The van der Waals surface area contributed by atoms with Gasteiger partial charge in [-0.1, -0.05) is 33.5 Å². The van der Waals surface area contributed by atoms with Crippen molar-refractivity contribution in [1.82, 2.24) is 0 Å². The molecule has 0 fully saturated rings. The summed E-state index contributed by atoms with van der Waals surface area (Å²) < 4.78 is 25.4. The summed E-state index contributed by atoms with van der Waals surface area (Å²) in [6.07, 6.45) is -1.98. The Morgan fingerprint density at radius 1 is 1.11 bits per heavy atom. The molecule has 0 aliphatic heterocycles. The quantitative estimate of drug-likeness (QED) is 0.739. The van der Waals surface area contributed by atoms with E-state index in [1.54, 1.807) is 0 Å². The van der Waals surface area contributed by atoms with Crippen molar-refractivity contribution < 1.29 is 33.7 Å². The normalized spacial score (nSPS) is 10.2. The van der Waals surface area contributed by atoms with Gasteiger partial charge in [-0.05, 0) is 5.56 Å². The molecule has 1 aromatic carbocycles. The van der Waals surface area contributed by atoms with Crippen molar-refractivity contribution in [3.8, 4) is 0 Å². The van der Waals surface area contributed by atoms with E-state index in [0.717, 1.165) is 0 Å². The zero-order valence-electron chi connectivity index (χ0n) is 9.01. The van der Waals surface area contributed by atoms with Crippen molar-refractivity contribution in [3.63, 3.8) is 0 Å². The highest BCUT2D eigenvalue weighted by molar-refractivity contribution is 7.17. The van der Waals surface area contributed by atoms with Crippen LogP contribution in [0.3, 0.4) is 0 Å². The molecular formula is C10H11F2O5P. The van der Waals surface area contributed by atoms with Crippen LogP contribution in [0.2, 0.25) is 0 Å². The Kier molecular flexibility index (Phi) is 6.19. The van der Waals surface area contributed by atoms with Crippen LogP contribution in [0.5, 0.6) is 0 Å². The number of carbonyl (C=O) groups is 2. The van der Waals surface area contributed by atoms with Crippen LogP contribution in [0.4, 0.5) is 13.6 Å². The number of carboxylic acid groups (broad SMARTS) is 3. The van der Waals surface area contributed by atoms with E-state index in [9.17, 15) is 13.6 Å². The van der Waals surface area contributed by atoms with Crippen molar-refractivity contribution in [2.75, 3.05) is 0 Å². The lowest BCUT2D eigenvalue weighted by Gasteiger charge is -2.10. The van der Waals surface area contributed by atoms with E-state index in [0.29, 0.717) is 5.56 Å². The third-order valence-corrected chi connectivity index (χ3v) is 2.03. The number of aliphatic carboxylic acids is 1. The van der Waals surface area contributed by atoms with E-state index in [4.69, 9.17) is 20.1 Å². The minimum absolute atomic E-state index is 0.142. The molecule has 0 heterocycles. The highest BCUT2D eigenvalue weighted by Crippen LogP contribution is 2.34. The van der Waals surface area contributed by atoms with E-state index in [1.165, 1.54) is 33.5 Å². The zero-order valence-corrected chi connectivity index (χ0v) is 10.2. The summed E-state index contributed by atoms with van der Waals surface area (Å²) in [6, 6.07) is 5.24. The van der Waals surface area contributed by atoms with Crippen LogP contribution < -0.4 is 0 Å². The van der Waals surface area contributed by atoms with Gasteiger partial charge in [-0.25, -0.2) is 4.79 Å². The summed E-state index contributed by atoms with van der Waals surface area (Å²) in [6.45, 7) is 0. The van der Waals surface area contributed by atoms with Gasteiger partial charge >= 0.3 is 12.1 Å². The van der Waals surface area contributed by atoms with Gasteiger partial charge < -0.3 is 15.3 Å². The molecule has 0 saturated heterocycles. The van der Waals surface area contributed by atoms with Crippen molar-refractivity contribution in [2.24, 2.45) is 0 Å². The fourth-order valence-corrected chi connectivity index (χ4v) is 1.21. The summed E-state index contributed by atoms with van der Waals surface area (Å²) in [4.78, 5) is 18.9. The second kappa shape index (κ2) is 6.86. The molecule has 0 aliphatic carbocycles. The van der Waals surface area contributed by atoms with E-state index in [1.807, 2.05) is 0 Å². The Balaban J connectivity index is 0.000000631. The van der Waals surface area contributed by atoms with E-state index in [2.05, 4.69) is 0 Å². The van der Waals surface area contributed by atoms with Crippen molar-refractivity contribution in [1.29, 1.82) is 0 Å². The minimum Gasteiger partial charge on any atom is -0.481 e. The van der Waals surface area contributed by atoms with Crippen LogP contribution in [0, 0.1) is 0 Å². The highest BCUT2D eigenvalue weighted by atomic mass is 31.0. The van der Waals surface area contributed by atoms with Crippen LogP contribution >= 0.6 is 9.24 Å². The number of alkyl halides is 2. The molecule has 1 rings (SSSR count). The number of benzene rings is 1. The van der Waals surface area contributed by atoms with Crippen LogP contribution in [0.25, 0.3) is 0 Å². The maximum Gasteiger partial charge on any atom is 0.503 e. The standard InChI is InChI=1S/C9H9F2O2P.CH2O3/c10-9(11,14)7-3-1-6(2-4-7)5-8(12)13;2-1(3)4/h1-4H,5,14H2,(H,12,13);(H2,2,3,4). The number of hydrogen-bond acceptors (Lipinski definition) is 2. The van der Waals surface area contributed by atoms with Gasteiger partial charge in [0.1, 0.15) is 0 Å². The Labute approximate surface area is 103 Å². The SMILES string of the molecule is O=C(O)Cc1ccc(C(F)(F)P)cc1.O=C(O)O. The first-order chi connectivity index (χ1) is 8.12. The average Bonchev–Trinajstić information content (AvgIpc) is 2.14. The molecule has 0 radical (unpaired) electrons. The molecule has 1 unspecified atom stereocenters. The fourth-order valence-electron chi connectivity index (χ4n) is 1.02. The summed E-state index contributed by atoms with van der Waals surface area (Å²) in [5, 5.41) is 22.4. The summed E-state index contributed by atoms with van der Waals surface area (Å²) in [7, 11) is 1.43. The minimum atomic E-state index is -2.96. The molecule has 3 N–H and O–H groups in total. The summed E-state index contributed by atoms with van der Waals surface area (Å²) in [5.41, 5.74) is -2.59. The molecule has 18 heavy (non-hydrogen) atoms.